The van der Waals surface area contributed by atoms with Crippen LogP contribution in [0, 0.1) is 0 Å². The maximum absolute atomic E-state index is 11.7. The van der Waals surface area contributed by atoms with Gasteiger partial charge < -0.3 is 34.7 Å². The van der Waals surface area contributed by atoms with Crippen LogP contribution in [0.5, 0.6) is 0 Å². The molecule has 1 heterocycles. The number of carbonyl (C=O) groups excluding carboxylic acids is 5. The lowest BCUT2D eigenvalue weighted by Gasteiger charge is -2.44. The first kappa shape index (κ1) is 23.3. The van der Waals surface area contributed by atoms with Gasteiger partial charge in [-0.05, 0) is 0 Å². The smallest absolute Gasteiger partial charge is 0.303 e. The predicted molar refractivity (Wildman–Crippen MR) is 89.2 cm³/mol. The zero-order valence-corrected chi connectivity index (χ0v) is 16.0. The second kappa shape index (κ2) is 10.6. The minimum absolute atomic E-state index is 0.382. The van der Waals surface area contributed by atoms with Crippen LogP contribution in [0.2, 0.25) is 0 Å². The molecule has 1 saturated heterocycles. The van der Waals surface area contributed by atoms with Gasteiger partial charge >= 0.3 is 23.9 Å². The van der Waals surface area contributed by atoms with Crippen LogP contribution < -0.4 is 11.1 Å². The largest absolute Gasteiger partial charge is 0.463 e. The van der Waals surface area contributed by atoms with Crippen molar-refractivity contribution in [3.05, 3.63) is 0 Å². The van der Waals surface area contributed by atoms with Gasteiger partial charge in [-0.3, -0.25) is 24.0 Å². The van der Waals surface area contributed by atoms with E-state index >= 15 is 0 Å². The number of ether oxygens (including phenoxy) is 5. The Labute approximate surface area is 160 Å². The normalized spacial score (nSPS) is 26.5. The number of amides is 1. The number of nitrogens with two attached hydrogens (primary N) is 1. The standard InChI is InChI=1S/C16H24N2O10/c1-7(19)24-6-11-13(25-8(2)20)14(26-9(3)21)15(27-10(4)22)16(28-11)18-12(23)5-17/h11,13-16H,5-6,17H2,1-4H3,(H,18,23)/t11-,13+,14+,15-,16-/m1/s1. The Morgan fingerprint density at radius 1 is 0.821 bits per heavy atom. The molecule has 0 aromatic heterocycles. The summed E-state index contributed by atoms with van der Waals surface area (Å²) < 4.78 is 26.1. The second-order valence-electron chi connectivity index (χ2n) is 5.89. The van der Waals surface area contributed by atoms with Gasteiger partial charge in [-0.15, -0.1) is 0 Å². The minimum Gasteiger partial charge on any atom is -0.463 e. The fourth-order valence-electron chi connectivity index (χ4n) is 2.56. The van der Waals surface area contributed by atoms with Crippen molar-refractivity contribution >= 4 is 29.8 Å². The highest BCUT2D eigenvalue weighted by atomic mass is 16.7. The molecular formula is C16H24N2O10. The predicted octanol–water partition coefficient (Wildman–Crippen LogP) is -1.86. The Morgan fingerprint density at radius 2 is 1.32 bits per heavy atom. The van der Waals surface area contributed by atoms with Crippen molar-refractivity contribution in [2.75, 3.05) is 13.2 Å². The summed E-state index contributed by atoms with van der Waals surface area (Å²) in [6, 6.07) is 0. The fraction of sp³-hybridized carbons (Fsp3) is 0.688. The Morgan fingerprint density at radius 3 is 1.79 bits per heavy atom. The number of hydrogen-bond donors (Lipinski definition) is 2. The molecule has 3 N–H and O–H groups in total. The van der Waals surface area contributed by atoms with Gasteiger partial charge in [0.05, 0.1) is 6.54 Å². The number of hydrogen-bond acceptors (Lipinski definition) is 11. The van der Waals surface area contributed by atoms with Crippen LogP contribution >= 0.6 is 0 Å². The van der Waals surface area contributed by atoms with Gasteiger partial charge in [0.2, 0.25) is 5.91 Å². The van der Waals surface area contributed by atoms with Crippen molar-refractivity contribution in [2.24, 2.45) is 5.73 Å². The quantitative estimate of drug-likeness (QED) is 0.360. The van der Waals surface area contributed by atoms with Gasteiger partial charge in [0.1, 0.15) is 12.7 Å². The van der Waals surface area contributed by atoms with Gasteiger partial charge in [-0.25, -0.2) is 0 Å². The molecule has 1 aliphatic heterocycles. The van der Waals surface area contributed by atoms with Crippen molar-refractivity contribution < 1.29 is 47.7 Å². The molecule has 28 heavy (non-hydrogen) atoms. The molecule has 1 rings (SSSR count). The molecule has 1 aliphatic rings. The molecule has 1 fully saturated rings. The lowest BCUT2D eigenvalue weighted by Crippen LogP contribution is -2.66. The number of esters is 4. The Bertz CT molecular complexity index is 623. The van der Waals surface area contributed by atoms with Crippen LogP contribution in [0.15, 0.2) is 0 Å². The summed E-state index contributed by atoms with van der Waals surface area (Å²) in [5.74, 6) is -3.57. The molecule has 0 aromatic carbocycles. The zero-order chi connectivity index (χ0) is 21.4. The second-order valence-corrected chi connectivity index (χ2v) is 5.89. The molecule has 12 heteroatoms. The van der Waals surface area contributed by atoms with Crippen LogP contribution in [0.3, 0.4) is 0 Å². The van der Waals surface area contributed by atoms with E-state index in [9.17, 15) is 24.0 Å². The first-order valence-corrected chi connectivity index (χ1v) is 8.35. The van der Waals surface area contributed by atoms with Crippen LogP contribution in [0.1, 0.15) is 27.7 Å². The lowest BCUT2D eigenvalue weighted by atomic mass is 9.97. The molecule has 0 unspecified atom stereocenters. The zero-order valence-electron chi connectivity index (χ0n) is 16.0. The van der Waals surface area contributed by atoms with E-state index in [4.69, 9.17) is 29.4 Å². The van der Waals surface area contributed by atoms with E-state index in [0.717, 1.165) is 27.7 Å². The van der Waals surface area contributed by atoms with E-state index in [1.807, 2.05) is 0 Å². The molecule has 0 bridgehead atoms. The van der Waals surface area contributed by atoms with Crippen molar-refractivity contribution in [1.29, 1.82) is 0 Å². The molecule has 5 atom stereocenters. The third-order valence-electron chi connectivity index (χ3n) is 3.48. The Balaban J connectivity index is 3.30. The fourth-order valence-corrected chi connectivity index (χ4v) is 2.56. The maximum Gasteiger partial charge on any atom is 0.303 e. The van der Waals surface area contributed by atoms with Gasteiger partial charge in [-0.2, -0.15) is 0 Å². The maximum atomic E-state index is 11.7. The number of carbonyl (C=O) groups is 5. The van der Waals surface area contributed by atoms with E-state index in [0.29, 0.717) is 0 Å². The van der Waals surface area contributed by atoms with E-state index in [-0.39, 0.29) is 6.61 Å². The third-order valence-corrected chi connectivity index (χ3v) is 3.48. The topological polar surface area (TPSA) is 170 Å². The Hall–Kier alpha value is -2.73. The summed E-state index contributed by atoms with van der Waals surface area (Å²) in [6.45, 7) is 3.68. The molecule has 0 aliphatic carbocycles. The van der Waals surface area contributed by atoms with E-state index < -0.39 is 67.0 Å². The molecule has 158 valence electrons. The van der Waals surface area contributed by atoms with Gasteiger partial charge in [0, 0.05) is 27.7 Å². The van der Waals surface area contributed by atoms with Crippen LogP contribution in [0.25, 0.3) is 0 Å². The van der Waals surface area contributed by atoms with Crippen molar-refractivity contribution in [3.63, 3.8) is 0 Å². The lowest BCUT2D eigenvalue weighted by molar-refractivity contribution is -0.256. The molecule has 0 radical (unpaired) electrons. The van der Waals surface area contributed by atoms with E-state index in [2.05, 4.69) is 5.32 Å². The number of nitrogens with one attached hydrogen (secondary N) is 1. The highest BCUT2D eigenvalue weighted by Gasteiger charge is 2.52. The highest BCUT2D eigenvalue weighted by molar-refractivity contribution is 5.78. The molecule has 0 aromatic rings. The van der Waals surface area contributed by atoms with Crippen molar-refractivity contribution in [1.82, 2.24) is 5.32 Å². The van der Waals surface area contributed by atoms with Gasteiger partial charge in [0.25, 0.3) is 0 Å². The van der Waals surface area contributed by atoms with Gasteiger partial charge in [-0.1, -0.05) is 0 Å². The first-order chi connectivity index (χ1) is 13.0. The van der Waals surface area contributed by atoms with Crippen molar-refractivity contribution in [3.8, 4) is 0 Å². The Kier molecular flexibility index (Phi) is 8.79. The average Bonchev–Trinajstić information content (AvgIpc) is 2.57. The molecule has 1 amide bonds. The average molecular weight is 404 g/mol. The molecular weight excluding hydrogens is 380 g/mol. The molecule has 0 spiro atoms. The third kappa shape index (κ3) is 7.12. The summed E-state index contributed by atoms with van der Waals surface area (Å²) in [5.41, 5.74) is 5.28. The minimum atomic E-state index is -1.35. The highest BCUT2D eigenvalue weighted by Crippen LogP contribution is 2.28. The number of rotatable bonds is 7. The molecule has 0 saturated carbocycles. The summed E-state index contributed by atoms with van der Waals surface area (Å²) in [5, 5.41) is 2.38. The SMILES string of the molecule is CC(=O)OC[C@H]1O[C@@H](NC(=O)CN)[C@H](OC(C)=O)[C@@H](OC(C)=O)[C@H]1OC(C)=O. The van der Waals surface area contributed by atoms with E-state index in [1.54, 1.807) is 0 Å². The molecule has 12 nitrogen and oxygen atoms in total. The van der Waals surface area contributed by atoms with Crippen molar-refractivity contribution in [2.45, 2.75) is 58.3 Å². The van der Waals surface area contributed by atoms with Crippen LogP contribution in [-0.4, -0.2) is 73.6 Å². The first-order valence-electron chi connectivity index (χ1n) is 8.35. The van der Waals surface area contributed by atoms with Crippen LogP contribution in [0.4, 0.5) is 0 Å². The summed E-state index contributed by atoms with van der Waals surface area (Å²) in [4.78, 5) is 57.6. The van der Waals surface area contributed by atoms with Gasteiger partial charge in [0.15, 0.2) is 24.5 Å². The summed E-state index contributed by atoms with van der Waals surface area (Å²) >= 11 is 0. The monoisotopic (exact) mass is 404 g/mol. The van der Waals surface area contributed by atoms with E-state index in [1.165, 1.54) is 0 Å². The summed E-state index contributed by atoms with van der Waals surface area (Å²) in [7, 11) is 0. The summed E-state index contributed by atoms with van der Waals surface area (Å²) in [6.07, 6.45) is -6.42. The van der Waals surface area contributed by atoms with Crippen LogP contribution in [-0.2, 0) is 47.7 Å².